The minimum atomic E-state index is -4.45. The van der Waals surface area contributed by atoms with Crippen LogP contribution in [0.25, 0.3) is 0 Å². The first-order valence-corrected chi connectivity index (χ1v) is 11.2. The van der Waals surface area contributed by atoms with E-state index in [0.29, 0.717) is 18.9 Å². The van der Waals surface area contributed by atoms with Crippen LogP contribution in [0.1, 0.15) is 36.2 Å². The minimum Gasteiger partial charge on any atom is -0.357 e. The SMILES string of the molecule is CCNC(=NCCNC(=O)c1ccc(C(F)(F)F)cc1)NC(C)CCS(C)(=O)=O.I. The standard InChI is InChI=1S/C18H27F3N4O3S.HI/c1-4-22-17(25-13(2)9-12-29(3,27)28)24-11-10-23-16(26)14-5-7-15(8-6-14)18(19,20)21;/h5-8,13H,4,9-12H2,1-3H3,(H,23,26)(H2,22,24,25);1H. The van der Waals surface area contributed by atoms with E-state index in [9.17, 15) is 26.4 Å². The molecule has 0 aromatic heterocycles. The zero-order chi connectivity index (χ0) is 22.1. The van der Waals surface area contributed by atoms with Gasteiger partial charge in [0.25, 0.3) is 5.91 Å². The predicted octanol–water partition coefficient (Wildman–Crippen LogP) is 2.43. The van der Waals surface area contributed by atoms with Crippen molar-refractivity contribution in [3.05, 3.63) is 35.4 Å². The maximum atomic E-state index is 12.5. The summed E-state index contributed by atoms with van der Waals surface area (Å²) in [7, 11) is -3.05. The van der Waals surface area contributed by atoms with Gasteiger partial charge in [0.15, 0.2) is 5.96 Å². The zero-order valence-corrected chi connectivity index (χ0v) is 20.2. The average Bonchev–Trinajstić information content (AvgIpc) is 2.62. The largest absolute Gasteiger partial charge is 0.416 e. The fourth-order valence-electron chi connectivity index (χ4n) is 2.27. The molecule has 0 bridgehead atoms. The summed E-state index contributed by atoms with van der Waals surface area (Å²) < 4.78 is 60.1. The molecule has 0 radical (unpaired) electrons. The third-order valence-electron chi connectivity index (χ3n) is 3.79. The van der Waals surface area contributed by atoms with Crippen molar-refractivity contribution in [2.24, 2.45) is 4.99 Å². The molecule has 7 nitrogen and oxygen atoms in total. The fraction of sp³-hybridized carbons (Fsp3) is 0.556. The van der Waals surface area contributed by atoms with E-state index in [-0.39, 0.29) is 54.4 Å². The number of benzene rings is 1. The van der Waals surface area contributed by atoms with Gasteiger partial charge in [-0.3, -0.25) is 9.79 Å². The van der Waals surface area contributed by atoms with Crippen LogP contribution >= 0.6 is 24.0 Å². The van der Waals surface area contributed by atoms with Crippen LogP contribution in [0.2, 0.25) is 0 Å². The highest BCUT2D eigenvalue weighted by Crippen LogP contribution is 2.29. The van der Waals surface area contributed by atoms with E-state index in [4.69, 9.17) is 0 Å². The van der Waals surface area contributed by atoms with Gasteiger partial charge in [-0.2, -0.15) is 13.2 Å². The molecule has 3 N–H and O–H groups in total. The van der Waals surface area contributed by atoms with Gasteiger partial charge in [-0.25, -0.2) is 8.42 Å². The first kappa shape index (κ1) is 28.4. The van der Waals surface area contributed by atoms with Crippen LogP contribution < -0.4 is 16.0 Å². The lowest BCUT2D eigenvalue weighted by Crippen LogP contribution is -2.43. The molecule has 1 unspecified atom stereocenters. The number of sulfone groups is 1. The molecular weight excluding hydrogens is 536 g/mol. The van der Waals surface area contributed by atoms with Crippen LogP contribution in [0.5, 0.6) is 0 Å². The van der Waals surface area contributed by atoms with E-state index in [1.165, 1.54) is 6.26 Å². The van der Waals surface area contributed by atoms with E-state index in [0.717, 1.165) is 24.3 Å². The van der Waals surface area contributed by atoms with Crippen molar-refractivity contribution >= 4 is 45.7 Å². The fourth-order valence-corrected chi connectivity index (χ4v) is 3.05. The van der Waals surface area contributed by atoms with Gasteiger partial charge in [0, 0.05) is 31.0 Å². The highest BCUT2D eigenvalue weighted by Gasteiger charge is 2.30. The Balaban J connectivity index is 0.00000841. The lowest BCUT2D eigenvalue weighted by Gasteiger charge is -2.17. The smallest absolute Gasteiger partial charge is 0.357 e. The molecule has 1 rings (SSSR count). The van der Waals surface area contributed by atoms with Crippen molar-refractivity contribution in [2.45, 2.75) is 32.5 Å². The van der Waals surface area contributed by atoms with Gasteiger partial charge in [-0.1, -0.05) is 0 Å². The molecule has 12 heteroatoms. The summed E-state index contributed by atoms with van der Waals surface area (Å²) in [5.41, 5.74) is -0.689. The topological polar surface area (TPSA) is 99.7 Å². The van der Waals surface area contributed by atoms with Crippen LogP contribution in [0.4, 0.5) is 13.2 Å². The third-order valence-corrected chi connectivity index (χ3v) is 4.77. The second kappa shape index (κ2) is 13.0. The predicted molar refractivity (Wildman–Crippen MR) is 122 cm³/mol. The molecular formula is C18H28F3IN4O3S. The van der Waals surface area contributed by atoms with Crippen molar-refractivity contribution in [3.8, 4) is 0 Å². The van der Waals surface area contributed by atoms with E-state index < -0.39 is 27.5 Å². The Labute approximate surface area is 192 Å². The Hall–Kier alpha value is -1.57. The molecule has 0 saturated heterocycles. The van der Waals surface area contributed by atoms with Gasteiger partial charge in [0.2, 0.25) is 0 Å². The third kappa shape index (κ3) is 11.6. The number of alkyl halides is 3. The van der Waals surface area contributed by atoms with E-state index >= 15 is 0 Å². The Morgan fingerprint density at radius 3 is 2.27 bits per heavy atom. The van der Waals surface area contributed by atoms with Crippen molar-refractivity contribution in [1.82, 2.24) is 16.0 Å². The van der Waals surface area contributed by atoms with Gasteiger partial charge in [-0.15, -0.1) is 24.0 Å². The van der Waals surface area contributed by atoms with Crippen LogP contribution in [0.15, 0.2) is 29.3 Å². The first-order valence-electron chi connectivity index (χ1n) is 9.10. The number of carbonyl (C=O) groups is 1. The van der Waals surface area contributed by atoms with Crippen molar-refractivity contribution in [2.75, 3.05) is 31.6 Å². The molecule has 0 heterocycles. The molecule has 172 valence electrons. The summed E-state index contributed by atoms with van der Waals surface area (Å²) >= 11 is 0. The maximum absolute atomic E-state index is 12.5. The van der Waals surface area contributed by atoms with E-state index in [1.54, 1.807) is 0 Å². The molecule has 1 aromatic rings. The Kier molecular flexibility index (Phi) is 12.3. The Morgan fingerprint density at radius 1 is 1.17 bits per heavy atom. The van der Waals surface area contributed by atoms with E-state index in [1.807, 2.05) is 13.8 Å². The summed E-state index contributed by atoms with van der Waals surface area (Å²) in [5.74, 6) is 0.0507. The molecule has 0 spiro atoms. The second-order valence-corrected chi connectivity index (χ2v) is 8.82. The molecule has 0 saturated carbocycles. The van der Waals surface area contributed by atoms with Crippen molar-refractivity contribution < 1.29 is 26.4 Å². The zero-order valence-electron chi connectivity index (χ0n) is 17.0. The molecule has 30 heavy (non-hydrogen) atoms. The highest BCUT2D eigenvalue weighted by molar-refractivity contribution is 14.0. The van der Waals surface area contributed by atoms with Gasteiger partial charge in [0.05, 0.1) is 17.9 Å². The molecule has 1 amide bonds. The normalized spacial score (nSPS) is 13.2. The Bertz CT molecular complexity index is 800. The monoisotopic (exact) mass is 564 g/mol. The summed E-state index contributed by atoms with van der Waals surface area (Å²) in [6, 6.07) is 3.84. The molecule has 0 aliphatic carbocycles. The summed E-state index contributed by atoms with van der Waals surface area (Å²) in [5, 5.41) is 8.70. The highest BCUT2D eigenvalue weighted by atomic mass is 127. The van der Waals surface area contributed by atoms with Crippen molar-refractivity contribution in [3.63, 3.8) is 0 Å². The minimum absolute atomic E-state index is 0. The van der Waals surface area contributed by atoms with Gasteiger partial charge >= 0.3 is 6.18 Å². The summed E-state index contributed by atoms with van der Waals surface area (Å²) in [6.45, 7) is 4.74. The molecule has 1 aromatic carbocycles. The Morgan fingerprint density at radius 2 is 1.77 bits per heavy atom. The number of nitrogens with zero attached hydrogens (tertiary/aromatic N) is 1. The number of hydrogen-bond acceptors (Lipinski definition) is 4. The van der Waals surface area contributed by atoms with Gasteiger partial charge in [0.1, 0.15) is 9.84 Å². The number of carbonyl (C=O) groups excluding carboxylic acids is 1. The number of rotatable bonds is 9. The number of halogens is 4. The van der Waals surface area contributed by atoms with Crippen LogP contribution in [0.3, 0.4) is 0 Å². The molecule has 0 aliphatic rings. The first-order chi connectivity index (χ1) is 13.4. The lowest BCUT2D eigenvalue weighted by atomic mass is 10.1. The number of guanidine groups is 1. The maximum Gasteiger partial charge on any atom is 0.416 e. The van der Waals surface area contributed by atoms with E-state index in [2.05, 4.69) is 20.9 Å². The van der Waals surface area contributed by atoms with Crippen LogP contribution in [0, 0.1) is 0 Å². The number of hydrogen-bond donors (Lipinski definition) is 3. The van der Waals surface area contributed by atoms with Crippen LogP contribution in [-0.4, -0.2) is 58.0 Å². The lowest BCUT2D eigenvalue weighted by molar-refractivity contribution is -0.137. The summed E-state index contributed by atoms with van der Waals surface area (Å²) in [6.07, 6.45) is -2.84. The number of amides is 1. The molecule has 1 atom stereocenters. The van der Waals surface area contributed by atoms with Crippen LogP contribution in [-0.2, 0) is 16.0 Å². The van der Waals surface area contributed by atoms with Crippen molar-refractivity contribution in [1.29, 1.82) is 0 Å². The average molecular weight is 564 g/mol. The summed E-state index contributed by atoms with van der Waals surface area (Å²) in [4.78, 5) is 16.3. The number of aliphatic imine (C=N–C) groups is 1. The van der Waals surface area contributed by atoms with Gasteiger partial charge < -0.3 is 16.0 Å². The van der Waals surface area contributed by atoms with Gasteiger partial charge in [-0.05, 0) is 44.5 Å². The molecule has 0 aliphatic heterocycles. The second-order valence-electron chi connectivity index (χ2n) is 6.56. The molecule has 0 fully saturated rings. The quantitative estimate of drug-likeness (QED) is 0.185. The number of nitrogens with one attached hydrogen (secondary N) is 3.